The molecule has 5 nitrogen and oxygen atoms in total. The Balaban J connectivity index is 1.83. The number of aromatic nitrogens is 2. The van der Waals surface area contributed by atoms with Gasteiger partial charge in [-0.15, -0.1) is 0 Å². The number of carbonyl (C=O) groups is 1. The number of carboxylic acid groups (broad SMARTS) is 1. The molecule has 1 unspecified atom stereocenters. The summed E-state index contributed by atoms with van der Waals surface area (Å²) >= 11 is 0. The molecule has 3 aromatic rings. The van der Waals surface area contributed by atoms with Crippen LogP contribution in [0.5, 0.6) is 0 Å². The molecule has 1 aliphatic heterocycles. The minimum Gasteiger partial charge on any atom is -0.480 e. The van der Waals surface area contributed by atoms with Gasteiger partial charge >= 0.3 is 5.97 Å². The van der Waals surface area contributed by atoms with Crippen LogP contribution in [0.15, 0.2) is 35.2 Å². The van der Waals surface area contributed by atoms with Crippen LogP contribution in [-0.4, -0.2) is 30.6 Å². The van der Waals surface area contributed by atoms with Crippen molar-refractivity contribution in [3.63, 3.8) is 0 Å². The van der Waals surface area contributed by atoms with Crippen LogP contribution in [0.4, 0.5) is 13.2 Å². The van der Waals surface area contributed by atoms with E-state index in [4.69, 9.17) is 0 Å². The summed E-state index contributed by atoms with van der Waals surface area (Å²) in [6, 6.07) is 7.00. The van der Waals surface area contributed by atoms with Crippen molar-refractivity contribution in [2.24, 2.45) is 0 Å². The molecular weight excluding hydrogens is 405 g/mol. The van der Waals surface area contributed by atoms with Gasteiger partial charge in [-0.2, -0.15) is 8.78 Å². The first-order chi connectivity index (χ1) is 13.7. The fraction of sp³-hybridized carbons (Fsp3) is 0.300. The van der Waals surface area contributed by atoms with Gasteiger partial charge in [0.15, 0.2) is 0 Å². The van der Waals surface area contributed by atoms with E-state index in [0.717, 1.165) is 0 Å². The van der Waals surface area contributed by atoms with Gasteiger partial charge in [0.25, 0.3) is 5.92 Å². The van der Waals surface area contributed by atoms with Crippen LogP contribution >= 0.6 is 0 Å². The van der Waals surface area contributed by atoms with Crippen molar-refractivity contribution in [1.82, 2.24) is 9.55 Å². The average Bonchev–Trinajstić information content (AvgIpc) is 2.90. The molecule has 3 heterocycles. The quantitative estimate of drug-likeness (QED) is 0.695. The number of nitrogens with zero attached hydrogens (tertiary/aromatic N) is 2. The number of benzene rings is 1. The summed E-state index contributed by atoms with van der Waals surface area (Å²) in [6.45, 7) is 1.40. The lowest BCUT2D eigenvalue weighted by atomic mass is 10.0. The Kier molecular flexibility index (Phi) is 4.72. The van der Waals surface area contributed by atoms with Crippen LogP contribution in [0.2, 0.25) is 0 Å². The summed E-state index contributed by atoms with van der Waals surface area (Å²) in [6.07, 6.45) is -0.403. The maximum atomic E-state index is 14.3. The van der Waals surface area contributed by atoms with E-state index in [1.54, 1.807) is 11.5 Å². The highest BCUT2D eigenvalue weighted by Crippen LogP contribution is 2.39. The molecule has 4 rings (SSSR count). The van der Waals surface area contributed by atoms with Crippen LogP contribution in [0.1, 0.15) is 29.1 Å². The number of halogens is 3. The highest BCUT2D eigenvalue weighted by molar-refractivity contribution is 7.85. The van der Waals surface area contributed by atoms with Gasteiger partial charge < -0.3 is 9.67 Å². The Labute approximate surface area is 166 Å². The van der Waals surface area contributed by atoms with Crippen LogP contribution in [0.25, 0.3) is 10.9 Å². The zero-order chi connectivity index (χ0) is 20.9. The first-order valence-corrected chi connectivity index (χ1v) is 10.2. The van der Waals surface area contributed by atoms with Gasteiger partial charge in [0.05, 0.1) is 15.7 Å². The second-order valence-corrected chi connectivity index (χ2v) is 8.57. The Morgan fingerprint density at radius 3 is 2.79 bits per heavy atom. The van der Waals surface area contributed by atoms with Crippen molar-refractivity contribution in [3.8, 4) is 0 Å². The largest absolute Gasteiger partial charge is 0.480 e. The van der Waals surface area contributed by atoms with Crippen molar-refractivity contribution in [2.45, 2.75) is 37.1 Å². The summed E-state index contributed by atoms with van der Waals surface area (Å²) in [7, 11) is -1.51. The number of hydrogen-bond acceptors (Lipinski definition) is 3. The molecule has 0 saturated heterocycles. The van der Waals surface area contributed by atoms with E-state index >= 15 is 0 Å². The molecular formula is C20H17F3N2O3S. The zero-order valence-corrected chi connectivity index (χ0v) is 16.2. The van der Waals surface area contributed by atoms with Crippen LogP contribution in [0, 0.1) is 12.7 Å². The lowest BCUT2D eigenvalue weighted by Gasteiger charge is -2.23. The number of rotatable bonds is 4. The minimum absolute atomic E-state index is 0.0427. The summed E-state index contributed by atoms with van der Waals surface area (Å²) in [4.78, 5) is 15.4. The Morgan fingerprint density at radius 1 is 1.31 bits per heavy atom. The minimum atomic E-state index is -3.16. The molecule has 0 bridgehead atoms. The SMILES string of the molecule is Cc1c(Cc2ccc3c(n2)C(F)(F)CCS3=O)c2cc(F)ccc2n1CC(=O)O. The third-order valence-corrected chi connectivity index (χ3v) is 6.57. The molecule has 0 saturated carbocycles. The van der Waals surface area contributed by atoms with Crippen LogP contribution in [0.3, 0.4) is 0 Å². The molecule has 0 radical (unpaired) electrons. The molecule has 1 N–H and O–H groups in total. The fourth-order valence-corrected chi connectivity index (χ4v) is 5.04. The van der Waals surface area contributed by atoms with Gasteiger partial charge in [-0.05, 0) is 42.8 Å². The zero-order valence-electron chi connectivity index (χ0n) is 15.4. The van der Waals surface area contributed by atoms with Gasteiger partial charge in [0, 0.05) is 40.9 Å². The van der Waals surface area contributed by atoms with E-state index < -0.39 is 40.6 Å². The van der Waals surface area contributed by atoms with Crippen molar-refractivity contribution in [2.75, 3.05) is 5.75 Å². The molecule has 2 aromatic heterocycles. The number of carboxylic acids is 1. The number of fused-ring (bicyclic) bond motifs is 2. The normalized spacial score (nSPS) is 18.0. The molecule has 1 atom stereocenters. The molecule has 9 heteroatoms. The summed E-state index contributed by atoms with van der Waals surface area (Å²) in [5.74, 6) is -4.79. The lowest BCUT2D eigenvalue weighted by Crippen LogP contribution is -2.27. The van der Waals surface area contributed by atoms with Crippen molar-refractivity contribution in [1.29, 1.82) is 0 Å². The maximum absolute atomic E-state index is 14.3. The van der Waals surface area contributed by atoms with E-state index in [-0.39, 0.29) is 23.6 Å². The third kappa shape index (κ3) is 3.43. The molecule has 0 amide bonds. The van der Waals surface area contributed by atoms with E-state index in [9.17, 15) is 27.3 Å². The average molecular weight is 422 g/mol. The van der Waals surface area contributed by atoms with Gasteiger partial charge in [-0.1, -0.05) is 0 Å². The Morgan fingerprint density at radius 2 is 2.07 bits per heavy atom. The number of aliphatic carboxylic acids is 1. The molecule has 0 fully saturated rings. The third-order valence-electron chi connectivity index (χ3n) is 5.18. The summed E-state index contributed by atoms with van der Waals surface area (Å²) in [5.41, 5.74) is 1.61. The Bertz CT molecular complexity index is 1170. The smallest absolute Gasteiger partial charge is 0.323 e. The summed E-state index contributed by atoms with van der Waals surface area (Å²) in [5, 5.41) is 9.71. The van der Waals surface area contributed by atoms with Gasteiger partial charge in [0.1, 0.15) is 18.1 Å². The number of pyridine rings is 1. The van der Waals surface area contributed by atoms with Gasteiger partial charge in [0.2, 0.25) is 0 Å². The number of alkyl halides is 2. The fourth-order valence-electron chi connectivity index (χ4n) is 3.75. The molecule has 152 valence electrons. The highest BCUT2D eigenvalue weighted by Gasteiger charge is 2.41. The monoisotopic (exact) mass is 422 g/mol. The van der Waals surface area contributed by atoms with E-state index in [2.05, 4.69) is 4.98 Å². The number of hydrogen-bond donors (Lipinski definition) is 1. The van der Waals surface area contributed by atoms with E-state index in [1.807, 2.05) is 0 Å². The predicted molar refractivity (Wildman–Crippen MR) is 101 cm³/mol. The summed E-state index contributed by atoms with van der Waals surface area (Å²) < 4.78 is 56.1. The second-order valence-electron chi connectivity index (χ2n) is 7.04. The van der Waals surface area contributed by atoms with Gasteiger partial charge in [-0.25, -0.2) is 9.37 Å². The van der Waals surface area contributed by atoms with Gasteiger partial charge in [-0.3, -0.25) is 9.00 Å². The standard InChI is InChI=1S/C20H17F3N2O3S/c1-11-14(15-8-12(21)2-4-16(15)25(11)10-18(26)27)9-13-3-5-17-19(24-13)20(22,23)6-7-29(17)28/h2-5,8H,6-7,9-10H2,1H3,(H,26,27). The van der Waals surface area contributed by atoms with Crippen molar-refractivity contribution < 1.29 is 27.3 Å². The molecule has 0 aliphatic carbocycles. The molecule has 1 aliphatic rings. The first-order valence-electron chi connectivity index (χ1n) is 8.93. The molecule has 1 aromatic carbocycles. The van der Waals surface area contributed by atoms with E-state index in [0.29, 0.717) is 27.9 Å². The van der Waals surface area contributed by atoms with Crippen molar-refractivity contribution in [3.05, 3.63) is 58.8 Å². The van der Waals surface area contributed by atoms with Crippen LogP contribution < -0.4 is 0 Å². The molecule has 29 heavy (non-hydrogen) atoms. The Hall–Kier alpha value is -2.68. The molecule has 0 spiro atoms. The first kappa shape index (κ1) is 19.6. The van der Waals surface area contributed by atoms with Crippen LogP contribution in [-0.2, 0) is 34.5 Å². The lowest BCUT2D eigenvalue weighted by molar-refractivity contribution is -0.137. The highest BCUT2D eigenvalue weighted by atomic mass is 32.2. The second kappa shape index (κ2) is 6.98. The van der Waals surface area contributed by atoms with Crippen molar-refractivity contribution >= 4 is 27.7 Å². The van der Waals surface area contributed by atoms with E-state index in [1.165, 1.54) is 30.3 Å². The topological polar surface area (TPSA) is 72.2 Å². The maximum Gasteiger partial charge on any atom is 0.323 e. The predicted octanol–water partition coefficient (Wildman–Crippen LogP) is 3.76.